The number of ether oxygens (including phenoxy) is 1. The van der Waals surface area contributed by atoms with Gasteiger partial charge in [0.15, 0.2) is 0 Å². The monoisotopic (exact) mass is 262 g/mol. The van der Waals surface area contributed by atoms with Crippen LogP contribution in [0.15, 0.2) is 37.1 Å². The van der Waals surface area contributed by atoms with Crippen LogP contribution in [0.25, 0.3) is 0 Å². The standard InChI is InChI=1S/C14H18N2O3/c1-2-7-19-14(18)16-10-13(17)9-12(16)8-11-5-3-4-6-15-11/h2-6,12-13,17H,1,7-10H2/t12-,13-/m1/s1. The molecular weight excluding hydrogens is 244 g/mol. The summed E-state index contributed by atoms with van der Waals surface area (Å²) in [6, 6.07) is 5.61. The minimum atomic E-state index is -0.495. The molecule has 0 spiro atoms. The van der Waals surface area contributed by atoms with E-state index in [0.717, 1.165) is 5.69 Å². The molecule has 1 aliphatic heterocycles. The zero-order chi connectivity index (χ0) is 13.7. The maximum Gasteiger partial charge on any atom is 0.410 e. The minimum absolute atomic E-state index is 0.0674. The van der Waals surface area contributed by atoms with E-state index in [2.05, 4.69) is 11.6 Å². The lowest BCUT2D eigenvalue weighted by Crippen LogP contribution is -2.37. The zero-order valence-corrected chi connectivity index (χ0v) is 10.7. The number of aliphatic hydroxyl groups excluding tert-OH is 1. The molecule has 1 fully saturated rings. The van der Waals surface area contributed by atoms with E-state index in [1.807, 2.05) is 18.2 Å². The van der Waals surface area contributed by atoms with Crippen molar-refractivity contribution in [2.75, 3.05) is 13.2 Å². The fourth-order valence-electron chi connectivity index (χ4n) is 2.28. The molecule has 1 N–H and O–H groups in total. The first-order valence-corrected chi connectivity index (χ1v) is 6.33. The largest absolute Gasteiger partial charge is 0.445 e. The molecule has 1 aromatic heterocycles. The Morgan fingerprint density at radius 3 is 3.16 bits per heavy atom. The van der Waals surface area contributed by atoms with Crippen molar-refractivity contribution in [3.63, 3.8) is 0 Å². The maximum absolute atomic E-state index is 11.9. The van der Waals surface area contributed by atoms with Gasteiger partial charge in [0, 0.05) is 24.4 Å². The Morgan fingerprint density at radius 1 is 1.63 bits per heavy atom. The molecular formula is C14H18N2O3. The summed E-state index contributed by atoms with van der Waals surface area (Å²) in [6.45, 7) is 4.00. The highest BCUT2D eigenvalue weighted by Gasteiger charge is 2.35. The number of aliphatic hydroxyl groups is 1. The normalized spacial score (nSPS) is 22.3. The lowest BCUT2D eigenvalue weighted by molar-refractivity contribution is 0.102. The van der Waals surface area contributed by atoms with E-state index in [-0.39, 0.29) is 12.6 Å². The summed E-state index contributed by atoms with van der Waals surface area (Å²) in [5.74, 6) is 0. The molecule has 1 aliphatic rings. The van der Waals surface area contributed by atoms with Crippen molar-refractivity contribution in [2.45, 2.75) is 25.0 Å². The summed E-state index contributed by atoms with van der Waals surface area (Å²) in [5, 5.41) is 9.73. The first-order chi connectivity index (χ1) is 9.20. The molecule has 19 heavy (non-hydrogen) atoms. The molecule has 2 rings (SSSR count). The van der Waals surface area contributed by atoms with E-state index in [1.165, 1.54) is 6.08 Å². The van der Waals surface area contributed by atoms with E-state index < -0.39 is 12.2 Å². The number of nitrogens with zero attached hydrogens (tertiary/aromatic N) is 2. The van der Waals surface area contributed by atoms with Crippen LogP contribution in [0.1, 0.15) is 12.1 Å². The molecule has 102 valence electrons. The molecule has 0 saturated carbocycles. The summed E-state index contributed by atoms with van der Waals surface area (Å²) in [7, 11) is 0. The molecule has 5 nitrogen and oxygen atoms in total. The van der Waals surface area contributed by atoms with Crippen LogP contribution >= 0.6 is 0 Å². The van der Waals surface area contributed by atoms with Crippen LogP contribution in [0.4, 0.5) is 4.79 Å². The minimum Gasteiger partial charge on any atom is -0.445 e. The summed E-state index contributed by atoms with van der Waals surface area (Å²) in [6.07, 6.45) is 3.53. The quantitative estimate of drug-likeness (QED) is 0.833. The molecule has 5 heteroatoms. The Kier molecular flexibility index (Phi) is 4.52. The zero-order valence-electron chi connectivity index (χ0n) is 10.7. The van der Waals surface area contributed by atoms with Gasteiger partial charge in [-0.15, -0.1) is 0 Å². The van der Waals surface area contributed by atoms with Crippen molar-refractivity contribution in [3.8, 4) is 0 Å². The molecule has 1 aromatic rings. The summed E-state index contributed by atoms with van der Waals surface area (Å²) in [4.78, 5) is 17.7. The van der Waals surface area contributed by atoms with Gasteiger partial charge >= 0.3 is 6.09 Å². The highest BCUT2D eigenvalue weighted by Crippen LogP contribution is 2.21. The van der Waals surface area contributed by atoms with E-state index in [1.54, 1.807) is 11.1 Å². The van der Waals surface area contributed by atoms with E-state index in [0.29, 0.717) is 19.4 Å². The first-order valence-electron chi connectivity index (χ1n) is 6.33. The Morgan fingerprint density at radius 2 is 2.47 bits per heavy atom. The van der Waals surface area contributed by atoms with E-state index in [4.69, 9.17) is 4.74 Å². The molecule has 0 unspecified atom stereocenters. The van der Waals surface area contributed by atoms with Crippen LogP contribution in [-0.2, 0) is 11.2 Å². The first kappa shape index (κ1) is 13.5. The predicted octanol–water partition coefficient (Wildman–Crippen LogP) is 1.38. The molecule has 0 radical (unpaired) electrons. The van der Waals surface area contributed by atoms with Gasteiger partial charge in [0.25, 0.3) is 0 Å². The van der Waals surface area contributed by atoms with Gasteiger partial charge in [-0.2, -0.15) is 0 Å². The molecule has 1 saturated heterocycles. The third kappa shape index (κ3) is 3.54. The number of carbonyl (C=O) groups excluding carboxylic acids is 1. The molecule has 2 atom stereocenters. The van der Waals surface area contributed by atoms with Gasteiger partial charge in [-0.05, 0) is 18.6 Å². The number of carbonyl (C=O) groups is 1. The molecule has 1 amide bonds. The fraction of sp³-hybridized carbons (Fsp3) is 0.429. The average molecular weight is 262 g/mol. The topological polar surface area (TPSA) is 62.7 Å². The Labute approximate surface area is 112 Å². The number of amides is 1. The second-order valence-corrected chi connectivity index (χ2v) is 4.59. The molecule has 0 aromatic carbocycles. The third-order valence-corrected chi connectivity index (χ3v) is 3.12. The molecule has 2 heterocycles. The third-order valence-electron chi connectivity index (χ3n) is 3.12. The maximum atomic E-state index is 11.9. The Hall–Kier alpha value is -1.88. The van der Waals surface area contributed by atoms with Gasteiger partial charge in [-0.3, -0.25) is 4.98 Å². The van der Waals surface area contributed by atoms with E-state index >= 15 is 0 Å². The van der Waals surface area contributed by atoms with Crippen LogP contribution in [-0.4, -0.2) is 46.4 Å². The Balaban J connectivity index is 2.01. The Bertz CT molecular complexity index is 436. The fourth-order valence-corrected chi connectivity index (χ4v) is 2.28. The predicted molar refractivity (Wildman–Crippen MR) is 70.6 cm³/mol. The smallest absolute Gasteiger partial charge is 0.410 e. The van der Waals surface area contributed by atoms with Crippen molar-refractivity contribution >= 4 is 6.09 Å². The number of β-amino-alcohol motifs (C(OH)–C–C–N with tert-alkyl or cyclic N) is 1. The second-order valence-electron chi connectivity index (χ2n) is 4.59. The average Bonchev–Trinajstić information content (AvgIpc) is 2.78. The van der Waals surface area contributed by atoms with Gasteiger partial charge < -0.3 is 14.7 Å². The van der Waals surface area contributed by atoms with Crippen LogP contribution in [0, 0.1) is 0 Å². The van der Waals surface area contributed by atoms with Crippen LogP contribution in [0.5, 0.6) is 0 Å². The summed E-state index contributed by atoms with van der Waals surface area (Å²) < 4.78 is 5.03. The highest BCUT2D eigenvalue weighted by molar-refractivity contribution is 5.68. The number of aromatic nitrogens is 1. The SMILES string of the molecule is C=CCOC(=O)N1C[C@H](O)C[C@H]1Cc1ccccn1. The highest BCUT2D eigenvalue weighted by atomic mass is 16.6. The van der Waals surface area contributed by atoms with Crippen molar-refractivity contribution in [1.82, 2.24) is 9.88 Å². The lowest BCUT2D eigenvalue weighted by Gasteiger charge is -2.23. The van der Waals surface area contributed by atoms with Gasteiger partial charge in [0.05, 0.1) is 12.6 Å². The van der Waals surface area contributed by atoms with Crippen LogP contribution in [0.3, 0.4) is 0 Å². The molecule has 0 aliphatic carbocycles. The van der Waals surface area contributed by atoms with Crippen LogP contribution < -0.4 is 0 Å². The number of hydrogen-bond acceptors (Lipinski definition) is 4. The van der Waals surface area contributed by atoms with Crippen molar-refractivity contribution in [3.05, 3.63) is 42.7 Å². The summed E-state index contributed by atoms with van der Waals surface area (Å²) >= 11 is 0. The lowest BCUT2D eigenvalue weighted by atomic mass is 10.1. The van der Waals surface area contributed by atoms with E-state index in [9.17, 15) is 9.90 Å². The number of rotatable bonds is 4. The van der Waals surface area contributed by atoms with Crippen LogP contribution in [0.2, 0.25) is 0 Å². The number of pyridine rings is 1. The van der Waals surface area contributed by atoms with Gasteiger partial charge in [0.2, 0.25) is 0 Å². The molecule has 0 bridgehead atoms. The van der Waals surface area contributed by atoms with Gasteiger partial charge in [0.1, 0.15) is 6.61 Å². The second kappa shape index (κ2) is 6.33. The van der Waals surface area contributed by atoms with Crippen molar-refractivity contribution in [2.24, 2.45) is 0 Å². The number of likely N-dealkylation sites (tertiary alicyclic amines) is 1. The van der Waals surface area contributed by atoms with Crippen molar-refractivity contribution in [1.29, 1.82) is 0 Å². The van der Waals surface area contributed by atoms with Gasteiger partial charge in [-0.25, -0.2) is 4.79 Å². The van der Waals surface area contributed by atoms with Crippen molar-refractivity contribution < 1.29 is 14.6 Å². The van der Waals surface area contributed by atoms with Gasteiger partial charge in [-0.1, -0.05) is 18.7 Å². The number of hydrogen-bond donors (Lipinski definition) is 1. The summed E-state index contributed by atoms with van der Waals surface area (Å²) in [5.41, 5.74) is 0.906.